The van der Waals surface area contributed by atoms with Crippen molar-refractivity contribution >= 4 is 24.8 Å². The molecule has 0 bridgehead atoms. The van der Waals surface area contributed by atoms with Gasteiger partial charge in [-0.25, -0.2) is 12.2 Å². The number of hydrogen-bond donors (Lipinski definition) is 0. The van der Waals surface area contributed by atoms with Crippen LogP contribution in [0.15, 0.2) is 164 Å². The predicted octanol–water partition coefficient (Wildman–Crippen LogP) is 8.83. The molecule has 0 aromatic heterocycles. The first-order chi connectivity index (χ1) is 28.0. The first-order valence-electron chi connectivity index (χ1n) is 21.1. The van der Waals surface area contributed by atoms with Crippen LogP contribution in [-0.2, 0) is 54.3 Å². The van der Waals surface area contributed by atoms with E-state index in [1.54, 1.807) is 27.4 Å². The summed E-state index contributed by atoms with van der Waals surface area (Å²) in [5.74, 6) is 0. The summed E-state index contributed by atoms with van der Waals surface area (Å²) in [4.78, 5) is 0. The molecule has 0 spiro atoms. The van der Waals surface area contributed by atoms with Gasteiger partial charge >= 0.3 is 112 Å². The molecule has 0 saturated carbocycles. The second-order valence-electron chi connectivity index (χ2n) is 16.9. The molecule has 0 amide bonds. The van der Waals surface area contributed by atoms with Gasteiger partial charge in [-0.05, 0) is 36.1 Å². The van der Waals surface area contributed by atoms with Gasteiger partial charge in [0.25, 0.3) is 0 Å². The van der Waals surface area contributed by atoms with Crippen LogP contribution < -0.4 is 24.8 Å². The Balaban J connectivity index is 0.000000285. The number of rotatable bonds is 11. The molecule has 0 fully saturated rings. The Morgan fingerprint density at radius 3 is 1.58 bits per heavy atom. The summed E-state index contributed by atoms with van der Waals surface area (Å²) in [7, 11) is 0. The molecule has 0 N–H and O–H groups in total. The Kier molecular flexibility index (Phi) is 18.4. The Bertz CT molecular complexity index is 2420. The quantitative estimate of drug-likeness (QED) is 0.114. The first kappa shape index (κ1) is 48.7. The van der Waals surface area contributed by atoms with Crippen molar-refractivity contribution in [3.05, 3.63) is 220 Å². The third-order valence-corrected chi connectivity index (χ3v) is 12.8. The first-order valence-corrected chi connectivity index (χ1v) is 22.4. The van der Waals surface area contributed by atoms with Gasteiger partial charge < -0.3 is 24.8 Å². The Morgan fingerprint density at radius 2 is 1.13 bits per heavy atom. The standard InChI is InChI=1S/C37H41.C15H14.C5H5.2ClH.Zr/c1-8-9-20-30-26(3)35(37(6,7)29-18-14-11-15-19-29)24-33-31-23-34(25(2)21-27(31)22-32(30)33)36(4,5)28-16-12-10-13-17-28;1-3-8-14(9-4-1)12-7-13-15-10-5-2-6-11-15;1-2-4-5-3-1;;;/h10-19,21-24H,8-9,20H2,1-7H3;1-6,8-11H,12-13H2;1-3H,4H2;2*1H;/q-1;;-1;;;+2/p-2. The monoisotopic (exact) mass is 904 g/mol. The number of fused-ring (bicyclic) bond motifs is 3. The van der Waals surface area contributed by atoms with Crippen LogP contribution in [0, 0.1) is 19.9 Å². The van der Waals surface area contributed by atoms with Gasteiger partial charge in [-0.1, -0.05) is 138 Å². The Labute approximate surface area is 388 Å². The molecule has 7 aromatic rings. The van der Waals surface area contributed by atoms with Crippen LogP contribution in [0.5, 0.6) is 0 Å². The van der Waals surface area contributed by atoms with E-state index in [0.717, 1.165) is 25.7 Å². The van der Waals surface area contributed by atoms with Crippen molar-refractivity contribution in [3.8, 4) is 0 Å². The van der Waals surface area contributed by atoms with E-state index in [9.17, 15) is 0 Å². The average molecular weight is 907 g/mol. The van der Waals surface area contributed by atoms with Gasteiger partial charge in [-0.15, -0.1) is 45.7 Å². The van der Waals surface area contributed by atoms with Crippen molar-refractivity contribution in [3.63, 3.8) is 0 Å². The van der Waals surface area contributed by atoms with Gasteiger partial charge in [-0.2, -0.15) is 6.08 Å². The zero-order valence-corrected chi connectivity index (χ0v) is 40.6. The molecule has 0 unspecified atom stereocenters. The van der Waals surface area contributed by atoms with Gasteiger partial charge in [0.2, 0.25) is 0 Å². The van der Waals surface area contributed by atoms with E-state index in [2.05, 4.69) is 206 Å². The van der Waals surface area contributed by atoms with Crippen LogP contribution >= 0.6 is 0 Å². The van der Waals surface area contributed by atoms with E-state index in [1.165, 1.54) is 84.5 Å². The second-order valence-corrected chi connectivity index (χ2v) is 18.6. The number of allylic oxidation sites excluding steroid dienone is 4. The van der Waals surface area contributed by atoms with Crippen molar-refractivity contribution in [1.29, 1.82) is 0 Å². The minimum atomic E-state index is -0.0685. The Hall–Kier alpha value is -4.00. The molecular formula is C57H60Cl2Zr-2. The number of halogens is 2. The summed E-state index contributed by atoms with van der Waals surface area (Å²) in [5, 5.41) is 5.62. The second kappa shape index (κ2) is 22.7. The molecule has 0 nitrogen and oxygen atoms in total. The van der Waals surface area contributed by atoms with Gasteiger partial charge in [0.1, 0.15) is 0 Å². The van der Waals surface area contributed by atoms with Crippen LogP contribution in [0.25, 0.3) is 21.5 Å². The molecule has 0 aliphatic heterocycles. The van der Waals surface area contributed by atoms with E-state index in [4.69, 9.17) is 0 Å². The zero-order valence-electron chi connectivity index (χ0n) is 36.6. The van der Waals surface area contributed by atoms with Crippen molar-refractivity contribution in [2.45, 2.75) is 97.8 Å². The minimum absolute atomic E-state index is 0. The number of aryl methyl sites for hydroxylation is 2. The summed E-state index contributed by atoms with van der Waals surface area (Å²) in [6.45, 7) is 16.4. The fraction of sp³-hybridized carbons (Fsp3) is 0.263. The van der Waals surface area contributed by atoms with Crippen LogP contribution in [0.1, 0.15) is 104 Å². The van der Waals surface area contributed by atoms with Gasteiger partial charge in [0.15, 0.2) is 0 Å². The molecule has 308 valence electrons. The maximum absolute atomic E-state index is 2.99. The molecule has 8 rings (SSSR count). The number of unbranched alkanes of at least 4 members (excludes halogenated alkanes) is 1. The molecule has 0 heterocycles. The van der Waals surface area contributed by atoms with Gasteiger partial charge in [-0.3, -0.25) is 6.08 Å². The molecule has 7 aromatic carbocycles. The summed E-state index contributed by atoms with van der Waals surface area (Å²) in [5.41, 5.74) is 12.7. The maximum atomic E-state index is 2.99. The molecule has 1 aliphatic rings. The fourth-order valence-corrected chi connectivity index (χ4v) is 9.59. The third kappa shape index (κ3) is 11.9. The summed E-state index contributed by atoms with van der Waals surface area (Å²) >= 11 is 1.55. The molecule has 0 atom stereocenters. The van der Waals surface area contributed by atoms with E-state index >= 15 is 0 Å². The topological polar surface area (TPSA) is 0 Å². The average Bonchev–Trinajstić information content (AvgIpc) is 3.94. The predicted molar refractivity (Wildman–Crippen MR) is 249 cm³/mol. The number of hydrogen-bond acceptors (Lipinski definition) is 0. The van der Waals surface area contributed by atoms with E-state index in [-0.39, 0.29) is 35.6 Å². The van der Waals surface area contributed by atoms with E-state index in [1.807, 2.05) is 12.2 Å². The normalized spacial score (nSPS) is 11.9. The van der Waals surface area contributed by atoms with Crippen molar-refractivity contribution in [2.75, 3.05) is 0 Å². The van der Waals surface area contributed by atoms with E-state index < -0.39 is 0 Å². The fourth-order valence-electron chi connectivity index (χ4n) is 8.59. The van der Waals surface area contributed by atoms with Crippen molar-refractivity contribution in [2.24, 2.45) is 0 Å². The van der Waals surface area contributed by atoms with Crippen LogP contribution in [0.2, 0.25) is 0 Å². The third-order valence-electron chi connectivity index (χ3n) is 12.0. The van der Waals surface area contributed by atoms with Crippen molar-refractivity contribution < 1.29 is 49.0 Å². The SMILES string of the molecule is CCCCc1c(C)c(C(C)(C)c2ccccc2)cc2c1[cH-]c1cc(C)c(C(C)(C)c3ccccc3)cc12.[C-]1=CC=CC1.[Cl-].[Cl-].[Zr+2]=[C](Cc1ccccc1)Cc1ccccc1. The summed E-state index contributed by atoms with van der Waals surface area (Å²) < 4.78 is 1.60. The van der Waals surface area contributed by atoms with E-state index in [0.29, 0.717) is 0 Å². The Morgan fingerprint density at radius 1 is 0.650 bits per heavy atom. The van der Waals surface area contributed by atoms with Crippen molar-refractivity contribution in [1.82, 2.24) is 0 Å². The summed E-state index contributed by atoms with van der Waals surface area (Å²) in [6, 6.07) is 53.3. The molecule has 3 heteroatoms. The summed E-state index contributed by atoms with van der Waals surface area (Å²) in [6.07, 6.45) is 15.8. The van der Waals surface area contributed by atoms with Crippen LogP contribution in [0.4, 0.5) is 0 Å². The molecule has 0 radical (unpaired) electrons. The number of benzene rings is 6. The van der Waals surface area contributed by atoms with Gasteiger partial charge in [0, 0.05) is 10.8 Å². The van der Waals surface area contributed by atoms with Crippen LogP contribution in [0.3, 0.4) is 0 Å². The zero-order chi connectivity index (χ0) is 41.1. The molecular weight excluding hydrogens is 847 g/mol. The van der Waals surface area contributed by atoms with Gasteiger partial charge in [0.05, 0.1) is 0 Å². The van der Waals surface area contributed by atoms with Crippen LogP contribution in [-0.4, -0.2) is 3.21 Å². The molecule has 0 saturated heterocycles. The molecule has 60 heavy (non-hydrogen) atoms. The molecule has 1 aliphatic carbocycles.